The lowest BCUT2D eigenvalue weighted by Crippen LogP contribution is -2.06. The lowest BCUT2D eigenvalue weighted by Gasteiger charge is -2.07. The topological polar surface area (TPSA) is 26.3 Å². The molecule has 94 valence electrons. The first-order valence-electron chi connectivity index (χ1n) is 5.89. The molecule has 0 N–H and O–H groups in total. The Morgan fingerprint density at radius 2 is 2.12 bits per heavy atom. The fourth-order valence-corrected chi connectivity index (χ4v) is 1.90. The van der Waals surface area contributed by atoms with Gasteiger partial charge in [0.25, 0.3) is 0 Å². The van der Waals surface area contributed by atoms with Crippen molar-refractivity contribution in [2.24, 2.45) is 5.92 Å². The van der Waals surface area contributed by atoms with Gasteiger partial charge in [-0.25, -0.2) is 0 Å². The number of Topliss-reactive ketones (excluding diaryl/α,β-unsaturated/α-hetero) is 1. The summed E-state index contributed by atoms with van der Waals surface area (Å²) in [4.78, 5) is 11.5. The van der Waals surface area contributed by atoms with Crippen LogP contribution in [0.3, 0.4) is 0 Å². The van der Waals surface area contributed by atoms with E-state index in [0.29, 0.717) is 23.0 Å². The molecule has 1 aromatic carbocycles. The molecule has 0 saturated heterocycles. The third-order valence-electron chi connectivity index (χ3n) is 2.75. The minimum absolute atomic E-state index is 0.134. The van der Waals surface area contributed by atoms with Gasteiger partial charge in [0.2, 0.25) is 0 Å². The summed E-state index contributed by atoms with van der Waals surface area (Å²) in [5, 5.41) is 0.625. The molecule has 0 aromatic heterocycles. The zero-order chi connectivity index (χ0) is 12.8. The van der Waals surface area contributed by atoms with Crippen molar-refractivity contribution in [3.63, 3.8) is 0 Å². The molecular weight excluding hydrogens is 236 g/mol. The van der Waals surface area contributed by atoms with E-state index in [0.717, 1.165) is 18.4 Å². The van der Waals surface area contributed by atoms with Gasteiger partial charge in [0.15, 0.2) is 0 Å². The average molecular weight is 255 g/mol. The number of halogens is 1. The highest BCUT2D eigenvalue weighted by Crippen LogP contribution is 2.25. The second-order valence-electron chi connectivity index (χ2n) is 4.44. The quantitative estimate of drug-likeness (QED) is 0.770. The first-order chi connectivity index (χ1) is 8.04. The molecule has 0 aliphatic heterocycles. The Labute approximate surface area is 108 Å². The standard InChI is InChI=1S/C14H19ClO2/c1-10(2)13(16)6-4-5-11-7-8-14(17-3)12(15)9-11/h7-10H,4-6H2,1-3H3. The van der Waals surface area contributed by atoms with Gasteiger partial charge in [0.05, 0.1) is 12.1 Å². The SMILES string of the molecule is COc1ccc(CCCC(=O)C(C)C)cc1Cl. The van der Waals surface area contributed by atoms with E-state index in [1.54, 1.807) is 7.11 Å². The smallest absolute Gasteiger partial charge is 0.137 e. The van der Waals surface area contributed by atoms with Crippen molar-refractivity contribution in [3.8, 4) is 5.75 Å². The number of ether oxygens (including phenoxy) is 1. The fourth-order valence-electron chi connectivity index (χ4n) is 1.62. The van der Waals surface area contributed by atoms with Crippen LogP contribution in [0.15, 0.2) is 18.2 Å². The summed E-state index contributed by atoms with van der Waals surface area (Å²) < 4.78 is 5.09. The lowest BCUT2D eigenvalue weighted by atomic mass is 10.0. The van der Waals surface area contributed by atoms with Gasteiger partial charge in [0, 0.05) is 12.3 Å². The van der Waals surface area contributed by atoms with Crippen LogP contribution in [0.2, 0.25) is 5.02 Å². The number of methoxy groups -OCH3 is 1. The monoisotopic (exact) mass is 254 g/mol. The highest BCUT2D eigenvalue weighted by molar-refractivity contribution is 6.32. The Morgan fingerprint density at radius 3 is 2.65 bits per heavy atom. The Bertz CT molecular complexity index is 386. The molecule has 2 nitrogen and oxygen atoms in total. The number of hydrogen-bond donors (Lipinski definition) is 0. The molecule has 1 rings (SSSR count). The van der Waals surface area contributed by atoms with Crippen molar-refractivity contribution < 1.29 is 9.53 Å². The minimum atomic E-state index is 0.134. The normalized spacial score (nSPS) is 10.6. The van der Waals surface area contributed by atoms with E-state index in [4.69, 9.17) is 16.3 Å². The molecule has 3 heteroatoms. The summed E-state index contributed by atoms with van der Waals surface area (Å²) in [5.74, 6) is 1.15. The summed E-state index contributed by atoms with van der Waals surface area (Å²) in [5.41, 5.74) is 1.15. The van der Waals surface area contributed by atoms with Crippen LogP contribution >= 0.6 is 11.6 Å². The number of carbonyl (C=O) groups excluding carboxylic acids is 1. The second-order valence-corrected chi connectivity index (χ2v) is 4.85. The molecule has 1 aromatic rings. The molecule has 0 radical (unpaired) electrons. The van der Waals surface area contributed by atoms with Crippen LogP contribution in [0.5, 0.6) is 5.75 Å². The van der Waals surface area contributed by atoms with Gasteiger partial charge in [-0.2, -0.15) is 0 Å². The number of hydrogen-bond acceptors (Lipinski definition) is 2. The second kappa shape index (κ2) is 6.65. The van der Waals surface area contributed by atoms with Crippen LogP contribution in [0.1, 0.15) is 32.3 Å². The Kier molecular flexibility index (Phi) is 5.49. The molecular formula is C14H19ClO2. The van der Waals surface area contributed by atoms with Crippen LogP contribution in [0.25, 0.3) is 0 Å². The van der Waals surface area contributed by atoms with Gasteiger partial charge < -0.3 is 4.74 Å². The van der Waals surface area contributed by atoms with E-state index < -0.39 is 0 Å². The molecule has 0 bridgehead atoms. The van der Waals surface area contributed by atoms with Crippen LogP contribution in [-0.4, -0.2) is 12.9 Å². The van der Waals surface area contributed by atoms with E-state index in [-0.39, 0.29) is 5.92 Å². The number of ketones is 1. The van der Waals surface area contributed by atoms with Gasteiger partial charge in [-0.3, -0.25) is 4.79 Å². The van der Waals surface area contributed by atoms with Crippen LogP contribution < -0.4 is 4.74 Å². The first-order valence-corrected chi connectivity index (χ1v) is 6.27. The maximum absolute atomic E-state index is 11.5. The fraction of sp³-hybridized carbons (Fsp3) is 0.500. The van der Waals surface area contributed by atoms with Crippen molar-refractivity contribution in [2.75, 3.05) is 7.11 Å². The third kappa shape index (κ3) is 4.39. The Hall–Kier alpha value is -1.02. The van der Waals surface area contributed by atoms with Gasteiger partial charge in [0.1, 0.15) is 11.5 Å². The lowest BCUT2D eigenvalue weighted by molar-refractivity contribution is -0.121. The van der Waals surface area contributed by atoms with E-state index in [2.05, 4.69) is 0 Å². The Morgan fingerprint density at radius 1 is 1.41 bits per heavy atom. The van der Waals surface area contributed by atoms with Gasteiger partial charge in [-0.05, 0) is 30.5 Å². The molecule has 17 heavy (non-hydrogen) atoms. The summed E-state index contributed by atoms with van der Waals surface area (Å²) in [6, 6.07) is 5.76. The third-order valence-corrected chi connectivity index (χ3v) is 3.04. The van der Waals surface area contributed by atoms with E-state index in [1.165, 1.54) is 0 Å². The molecule has 0 saturated carbocycles. The predicted molar refractivity (Wildman–Crippen MR) is 70.8 cm³/mol. The first kappa shape index (κ1) is 14.0. The molecule has 0 atom stereocenters. The van der Waals surface area contributed by atoms with Crippen molar-refractivity contribution >= 4 is 17.4 Å². The zero-order valence-corrected chi connectivity index (χ0v) is 11.4. The van der Waals surface area contributed by atoms with Crippen molar-refractivity contribution in [3.05, 3.63) is 28.8 Å². The molecule has 0 spiro atoms. The largest absolute Gasteiger partial charge is 0.495 e. The van der Waals surface area contributed by atoms with E-state index in [9.17, 15) is 4.79 Å². The summed E-state index contributed by atoms with van der Waals surface area (Å²) >= 11 is 6.03. The van der Waals surface area contributed by atoms with E-state index in [1.807, 2.05) is 32.0 Å². The predicted octanol–water partition coefficient (Wildman–Crippen LogP) is 3.90. The zero-order valence-electron chi connectivity index (χ0n) is 10.6. The highest BCUT2D eigenvalue weighted by Gasteiger charge is 2.07. The molecule has 0 aliphatic rings. The highest BCUT2D eigenvalue weighted by atomic mass is 35.5. The summed E-state index contributed by atoms with van der Waals surface area (Å²) in [6.45, 7) is 3.87. The minimum Gasteiger partial charge on any atom is -0.495 e. The van der Waals surface area contributed by atoms with E-state index >= 15 is 0 Å². The van der Waals surface area contributed by atoms with Crippen molar-refractivity contribution in [1.29, 1.82) is 0 Å². The molecule has 0 heterocycles. The number of aryl methyl sites for hydroxylation is 1. The number of carbonyl (C=O) groups is 1. The van der Waals surface area contributed by atoms with Gasteiger partial charge >= 0.3 is 0 Å². The number of benzene rings is 1. The average Bonchev–Trinajstić information content (AvgIpc) is 2.29. The summed E-state index contributed by atoms with van der Waals surface area (Å²) in [6.07, 6.45) is 2.39. The molecule has 0 fully saturated rings. The number of rotatable bonds is 6. The van der Waals surface area contributed by atoms with Crippen LogP contribution in [0, 0.1) is 5.92 Å². The molecule has 0 aliphatic carbocycles. The molecule has 0 unspecified atom stereocenters. The maximum Gasteiger partial charge on any atom is 0.137 e. The van der Waals surface area contributed by atoms with Gasteiger partial charge in [-0.15, -0.1) is 0 Å². The Balaban J connectivity index is 2.47. The van der Waals surface area contributed by atoms with Crippen LogP contribution in [0.4, 0.5) is 0 Å². The van der Waals surface area contributed by atoms with Crippen molar-refractivity contribution in [2.45, 2.75) is 33.1 Å². The summed E-state index contributed by atoms with van der Waals surface area (Å²) in [7, 11) is 1.60. The van der Waals surface area contributed by atoms with Crippen LogP contribution in [-0.2, 0) is 11.2 Å². The van der Waals surface area contributed by atoms with Gasteiger partial charge in [-0.1, -0.05) is 31.5 Å². The van der Waals surface area contributed by atoms with Crippen molar-refractivity contribution in [1.82, 2.24) is 0 Å². The maximum atomic E-state index is 11.5. The molecule has 0 amide bonds.